The van der Waals surface area contributed by atoms with E-state index in [2.05, 4.69) is 9.88 Å². The number of aromatic nitrogens is 1. The molecular weight excluding hydrogens is 376 g/mol. The average Bonchev–Trinajstić information content (AvgIpc) is 2.61. The quantitative estimate of drug-likeness (QED) is 0.698. The second-order valence-corrected chi connectivity index (χ2v) is 8.62. The highest BCUT2D eigenvalue weighted by Gasteiger charge is 2.21. The Bertz CT molecular complexity index is 843. The minimum Gasteiger partial charge on any atom is -0.488 e. The molecule has 0 saturated carbocycles. The third kappa shape index (κ3) is 5.17. The Balaban J connectivity index is 1.54. The molecule has 0 aliphatic carbocycles. The zero-order valence-corrected chi connectivity index (χ0v) is 16.0. The van der Waals surface area contributed by atoms with E-state index in [-0.39, 0.29) is 6.10 Å². The molecule has 3 rings (SSSR count). The van der Waals surface area contributed by atoms with Crippen LogP contribution in [-0.2, 0) is 21.1 Å². The summed E-state index contributed by atoms with van der Waals surface area (Å²) in [6.07, 6.45) is 2.77. The van der Waals surface area contributed by atoms with Gasteiger partial charge in [-0.05, 0) is 29.8 Å². The van der Waals surface area contributed by atoms with Crippen LogP contribution in [0, 0.1) is 0 Å². The Kier molecular flexibility index (Phi) is 6.13. The topological polar surface area (TPSA) is 68.7 Å². The third-order valence-corrected chi connectivity index (χ3v) is 5.54. The Hall–Kier alpha value is -1.67. The van der Waals surface area contributed by atoms with Crippen LogP contribution in [0.5, 0.6) is 5.75 Å². The summed E-state index contributed by atoms with van der Waals surface area (Å²) in [5.41, 5.74) is 1.06. The zero-order valence-electron chi connectivity index (χ0n) is 14.5. The molecule has 140 valence electrons. The number of hydrogen-bond acceptors (Lipinski definition) is 6. The lowest BCUT2D eigenvalue weighted by Gasteiger charge is -2.32. The van der Waals surface area contributed by atoms with Crippen molar-refractivity contribution in [1.82, 2.24) is 9.88 Å². The molecule has 1 atom stereocenters. The number of rotatable bonds is 6. The maximum atomic E-state index is 11.5. The van der Waals surface area contributed by atoms with E-state index in [1.807, 2.05) is 12.1 Å². The van der Waals surface area contributed by atoms with Crippen LogP contribution in [-0.4, -0.2) is 57.0 Å². The van der Waals surface area contributed by atoms with Crippen LogP contribution < -0.4 is 4.74 Å². The summed E-state index contributed by atoms with van der Waals surface area (Å²) in [6, 6.07) is 10.6. The normalized spacial score (nSPS) is 18.6. The zero-order chi connectivity index (χ0) is 18.6. The molecule has 1 aromatic heterocycles. The minimum atomic E-state index is -3.16. The summed E-state index contributed by atoms with van der Waals surface area (Å²) >= 11 is 5.99. The Morgan fingerprint density at radius 2 is 2.08 bits per heavy atom. The number of pyridine rings is 1. The van der Waals surface area contributed by atoms with E-state index in [1.54, 1.807) is 30.5 Å². The molecule has 26 heavy (non-hydrogen) atoms. The molecule has 0 spiro atoms. The first-order valence-corrected chi connectivity index (χ1v) is 10.5. The molecule has 1 aliphatic heterocycles. The van der Waals surface area contributed by atoms with Gasteiger partial charge in [0.25, 0.3) is 0 Å². The molecule has 1 fully saturated rings. The lowest BCUT2D eigenvalue weighted by molar-refractivity contribution is -0.0504. The van der Waals surface area contributed by atoms with Gasteiger partial charge in [-0.1, -0.05) is 23.7 Å². The van der Waals surface area contributed by atoms with Gasteiger partial charge in [0, 0.05) is 32.1 Å². The van der Waals surface area contributed by atoms with Gasteiger partial charge in [-0.3, -0.25) is 4.90 Å². The SMILES string of the molecule is CS(=O)(=O)c1ccc(CN2CCOC(COc3cccnc3Cl)C2)cc1. The van der Waals surface area contributed by atoms with Crippen molar-refractivity contribution < 1.29 is 17.9 Å². The van der Waals surface area contributed by atoms with Gasteiger partial charge < -0.3 is 9.47 Å². The van der Waals surface area contributed by atoms with Crippen molar-refractivity contribution in [3.05, 3.63) is 53.3 Å². The van der Waals surface area contributed by atoms with Crippen LogP contribution >= 0.6 is 11.6 Å². The maximum Gasteiger partial charge on any atom is 0.175 e. The Morgan fingerprint density at radius 3 is 2.77 bits per heavy atom. The molecular formula is C18H21ClN2O4S. The first kappa shape index (κ1) is 19.1. The third-order valence-electron chi connectivity index (χ3n) is 4.13. The van der Waals surface area contributed by atoms with Crippen LogP contribution in [0.3, 0.4) is 0 Å². The van der Waals surface area contributed by atoms with Crippen LogP contribution in [0.15, 0.2) is 47.5 Å². The summed E-state index contributed by atoms with van der Waals surface area (Å²) in [5, 5.41) is 0.339. The molecule has 2 heterocycles. The second-order valence-electron chi connectivity index (χ2n) is 6.25. The smallest absolute Gasteiger partial charge is 0.175 e. The van der Waals surface area contributed by atoms with Crippen molar-refractivity contribution >= 4 is 21.4 Å². The second kappa shape index (κ2) is 8.35. The summed E-state index contributed by atoms with van der Waals surface area (Å²) in [6.45, 7) is 3.30. The predicted molar refractivity (Wildman–Crippen MR) is 99.3 cm³/mol. The lowest BCUT2D eigenvalue weighted by Crippen LogP contribution is -2.44. The summed E-state index contributed by atoms with van der Waals surface area (Å²) < 4.78 is 34.5. The van der Waals surface area contributed by atoms with Gasteiger partial charge in [-0.2, -0.15) is 0 Å². The molecule has 1 unspecified atom stereocenters. The van der Waals surface area contributed by atoms with Gasteiger partial charge in [0.05, 0.1) is 11.5 Å². The fourth-order valence-corrected chi connectivity index (χ4v) is 3.59. The molecule has 1 aliphatic rings. The maximum absolute atomic E-state index is 11.5. The molecule has 1 saturated heterocycles. The molecule has 0 bridgehead atoms. The van der Waals surface area contributed by atoms with Crippen LogP contribution in [0.1, 0.15) is 5.56 Å². The highest BCUT2D eigenvalue weighted by atomic mass is 35.5. The van der Waals surface area contributed by atoms with Gasteiger partial charge in [-0.25, -0.2) is 13.4 Å². The van der Waals surface area contributed by atoms with E-state index in [9.17, 15) is 8.42 Å². The van der Waals surface area contributed by atoms with Gasteiger partial charge >= 0.3 is 0 Å². The average molecular weight is 397 g/mol. The molecule has 6 nitrogen and oxygen atoms in total. The van der Waals surface area contributed by atoms with Gasteiger partial charge in [0.15, 0.2) is 20.7 Å². The van der Waals surface area contributed by atoms with E-state index in [4.69, 9.17) is 21.1 Å². The number of nitrogens with zero attached hydrogens (tertiary/aromatic N) is 2. The van der Waals surface area contributed by atoms with Crippen molar-refractivity contribution in [1.29, 1.82) is 0 Å². The Labute approximate surface area is 158 Å². The molecule has 8 heteroatoms. The number of ether oxygens (including phenoxy) is 2. The lowest BCUT2D eigenvalue weighted by atomic mass is 10.2. The van der Waals surface area contributed by atoms with Crippen LogP contribution in [0.4, 0.5) is 0 Å². The first-order valence-electron chi connectivity index (χ1n) is 8.28. The van der Waals surface area contributed by atoms with Crippen molar-refractivity contribution in [3.63, 3.8) is 0 Å². The molecule has 1 aromatic carbocycles. The standard InChI is InChI=1S/C18H21ClN2O4S/c1-26(22,23)16-6-4-14(5-7-16)11-21-9-10-24-15(12-21)13-25-17-3-2-8-20-18(17)19/h2-8,15H,9-13H2,1H3. The van der Waals surface area contributed by atoms with Crippen molar-refractivity contribution in [2.24, 2.45) is 0 Å². The number of sulfone groups is 1. The highest BCUT2D eigenvalue weighted by Crippen LogP contribution is 2.21. The van der Waals surface area contributed by atoms with E-state index in [0.717, 1.165) is 25.2 Å². The van der Waals surface area contributed by atoms with E-state index in [1.165, 1.54) is 6.26 Å². The molecule has 0 N–H and O–H groups in total. The summed E-state index contributed by atoms with van der Waals surface area (Å²) in [7, 11) is -3.16. The number of benzene rings is 1. The molecule has 0 amide bonds. The summed E-state index contributed by atoms with van der Waals surface area (Å²) in [4.78, 5) is 6.58. The van der Waals surface area contributed by atoms with Gasteiger partial charge in [-0.15, -0.1) is 0 Å². The van der Waals surface area contributed by atoms with Gasteiger partial charge in [0.2, 0.25) is 0 Å². The minimum absolute atomic E-state index is 0.0599. The van der Waals surface area contributed by atoms with Gasteiger partial charge in [0.1, 0.15) is 12.7 Å². The van der Waals surface area contributed by atoms with E-state index < -0.39 is 9.84 Å². The number of morpholine rings is 1. The predicted octanol–water partition coefficient (Wildman–Crippen LogP) is 2.42. The first-order chi connectivity index (χ1) is 12.4. The van der Waals surface area contributed by atoms with E-state index in [0.29, 0.717) is 29.0 Å². The Morgan fingerprint density at radius 1 is 1.31 bits per heavy atom. The summed E-state index contributed by atoms with van der Waals surface area (Å²) in [5.74, 6) is 0.547. The molecule has 0 radical (unpaired) electrons. The fourth-order valence-electron chi connectivity index (χ4n) is 2.79. The fraction of sp³-hybridized carbons (Fsp3) is 0.389. The van der Waals surface area contributed by atoms with Crippen molar-refractivity contribution in [3.8, 4) is 5.75 Å². The van der Waals surface area contributed by atoms with E-state index >= 15 is 0 Å². The van der Waals surface area contributed by atoms with Crippen LogP contribution in [0.25, 0.3) is 0 Å². The monoisotopic (exact) mass is 396 g/mol. The number of hydrogen-bond donors (Lipinski definition) is 0. The van der Waals surface area contributed by atoms with Crippen molar-refractivity contribution in [2.75, 3.05) is 32.6 Å². The highest BCUT2D eigenvalue weighted by molar-refractivity contribution is 7.90. The van der Waals surface area contributed by atoms with Crippen LogP contribution in [0.2, 0.25) is 5.15 Å². The molecule has 2 aromatic rings. The number of halogens is 1. The van der Waals surface area contributed by atoms with Crippen molar-refractivity contribution in [2.45, 2.75) is 17.5 Å². The largest absolute Gasteiger partial charge is 0.488 e.